The molecule has 0 spiro atoms. The van der Waals surface area contributed by atoms with Crippen molar-refractivity contribution in [3.8, 4) is 0 Å². The molecule has 0 heterocycles. The van der Waals surface area contributed by atoms with E-state index in [4.69, 9.17) is 10.7 Å². The van der Waals surface area contributed by atoms with E-state index >= 15 is 0 Å². The number of amides is 1. The van der Waals surface area contributed by atoms with Crippen LogP contribution in [-0.2, 0) is 9.05 Å². The highest BCUT2D eigenvalue weighted by Gasteiger charge is 2.17. The molecule has 1 rings (SSSR count). The molecule has 0 radical (unpaired) electrons. The maximum atomic E-state index is 12.0. The zero-order valence-electron chi connectivity index (χ0n) is 11.2. The highest BCUT2D eigenvalue weighted by Crippen LogP contribution is 2.21. The lowest BCUT2D eigenvalue weighted by Crippen LogP contribution is -2.32. The van der Waals surface area contributed by atoms with Gasteiger partial charge in [0.1, 0.15) is 0 Å². The summed E-state index contributed by atoms with van der Waals surface area (Å²) in [4.78, 5) is 11.9. The maximum Gasteiger partial charge on any atom is 0.261 e. The number of nitrogens with one attached hydrogen (secondary N) is 1. The van der Waals surface area contributed by atoms with Gasteiger partial charge in [0.05, 0.1) is 4.90 Å². The molecular formula is C13H18ClNO3S. The lowest BCUT2D eigenvalue weighted by molar-refractivity contribution is 0.0938. The van der Waals surface area contributed by atoms with Crippen LogP contribution >= 0.6 is 10.7 Å². The van der Waals surface area contributed by atoms with Crippen molar-refractivity contribution in [2.45, 2.75) is 44.6 Å². The average molecular weight is 304 g/mol. The van der Waals surface area contributed by atoms with Crippen LogP contribution in [0.15, 0.2) is 23.1 Å². The molecule has 1 aromatic rings. The predicted molar refractivity (Wildman–Crippen MR) is 76.1 cm³/mol. The Balaban J connectivity index is 3.00. The average Bonchev–Trinajstić information content (AvgIpc) is 2.27. The number of aryl methyl sites for hydroxylation is 1. The zero-order valence-corrected chi connectivity index (χ0v) is 12.8. The second kappa shape index (κ2) is 6.39. The van der Waals surface area contributed by atoms with E-state index in [-0.39, 0.29) is 16.8 Å². The topological polar surface area (TPSA) is 63.2 Å². The van der Waals surface area contributed by atoms with Gasteiger partial charge in [-0.05, 0) is 38.0 Å². The summed E-state index contributed by atoms with van der Waals surface area (Å²) >= 11 is 0. The third-order valence-electron chi connectivity index (χ3n) is 2.81. The number of halogens is 1. The smallest absolute Gasteiger partial charge is 0.261 e. The Labute approximate surface area is 118 Å². The number of rotatable bonds is 5. The Morgan fingerprint density at radius 2 is 2.05 bits per heavy atom. The van der Waals surface area contributed by atoms with Crippen LogP contribution < -0.4 is 5.32 Å². The summed E-state index contributed by atoms with van der Waals surface area (Å²) in [5, 5.41) is 2.82. The van der Waals surface area contributed by atoms with Crippen LogP contribution in [-0.4, -0.2) is 20.4 Å². The Kier molecular flexibility index (Phi) is 5.38. The van der Waals surface area contributed by atoms with E-state index in [1.54, 1.807) is 19.1 Å². The Bertz CT molecular complexity index is 569. The molecule has 1 aromatic carbocycles. The molecule has 0 saturated heterocycles. The molecule has 1 N–H and O–H groups in total. The molecule has 0 aromatic heterocycles. The fourth-order valence-corrected chi connectivity index (χ4v) is 3.04. The first-order valence-electron chi connectivity index (χ1n) is 6.12. The Morgan fingerprint density at radius 1 is 1.42 bits per heavy atom. The van der Waals surface area contributed by atoms with E-state index in [0.29, 0.717) is 11.1 Å². The molecule has 0 saturated carbocycles. The van der Waals surface area contributed by atoms with Gasteiger partial charge in [0, 0.05) is 22.3 Å². The number of hydrogen-bond acceptors (Lipinski definition) is 3. The number of carbonyl (C=O) groups excluding carboxylic acids is 1. The van der Waals surface area contributed by atoms with Crippen LogP contribution in [0.2, 0.25) is 0 Å². The molecule has 4 nitrogen and oxygen atoms in total. The summed E-state index contributed by atoms with van der Waals surface area (Å²) in [5.41, 5.74) is 0.820. The fraction of sp³-hybridized carbons (Fsp3) is 0.462. The standard InChI is InChI=1S/C13H18ClNO3S/c1-4-5-10(3)15-13(16)11-7-6-9(2)12(8-11)19(14,17)18/h6-8,10H,4-5H2,1-3H3,(H,15,16). The molecule has 0 aliphatic rings. The van der Waals surface area contributed by atoms with Crippen LogP contribution in [0.4, 0.5) is 0 Å². The van der Waals surface area contributed by atoms with Crippen molar-refractivity contribution in [2.24, 2.45) is 0 Å². The van der Waals surface area contributed by atoms with Gasteiger partial charge in [-0.1, -0.05) is 19.4 Å². The second-order valence-electron chi connectivity index (χ2n) is 4.58. The SMILES string of the molecule is CCCC(C)NC(=O)c1ccc(C)c(S(=O)(=O)Cl)c1. The van der Waals surface area contributed by atoms with Crippen LogP contribution in [0, 0.1) is 6.92 Å². The second-order valence-corrected chi connectivity index (χ2v) is 7.12. The van der Waals surface area contributed by atoms with E-state index in [2.05, 4.69) is 5.32 Å². The van der Waals surface area contributed by atoms with Crippen molar-refractivity contribution in [3.05, 3.63) is 29.3 Å². The molecule has 6 heteroatoms. The molecule has 0 aliphatic carbocycles. The van der Waals surface area contributed by atoms with Gasteiger partial charge in [0.2, 0.25) is 0 Å². The molecule has 0 bridgehead atoms. The molecule has 19 heavy (non-hydrogen) atoms. The van der Waals surface area contributed by atoms with Gasteiger partial charge in [-0.3, -0.25) is 4.79 Å². The minimum absolute atomic E-state index is 0.0232. The van der Waals surface area contributed by atoms with Crippen molar-refractivity contribution in [3.63, 3.8) is 0 Å². The van der Waals surface area contributed by atoms with E-state index < -0.39 is 9.05 Å². The van der Waals surface area contributed by atoms with E-state index in [1.165, 1.54) is 6.07 Å². The lowest BCUT2D eigenvalue weighted by atomic mass is 10.1. The Hall–Kier alpha value is -1.07. The summed E-state index contributed by atoms with van der Waals surface area (Å²) in [6, 6.07) is 4.53. The van der Waals surface area contributed by atoms with Gasteiger partial charge in [-0.25, -0.2) is 8.42 Å². The number of benzene rings is 1. The van der Waals surface area contributed by atoms with Gasteiger partial charge in [-0.15, -0.1) is 0 Å². The minimum Gasteiger partial charge on any atom is -0.350 e. The van der Waals surface area contributed by atoms with E-state index in [9.17, 15) is 13.2 Å². The minimum atomic E-state index is -3.84. The first-order chi connectivity index (χ1) is 8.75. The molecule has 106 valence electrons. The fourth-order valence-electron chi connectivity index (χ4n) is 1.82. The lowest BCUT2D eigenvalue weighted by Gasteiger charge is -2.13. The zero-order chi connectivity index (χ0) is 14.6. The summed E-state index contributed by atoms with van der Waals surface area (Å²) in [6.07, 6.45) is 1.84. The van der Waals surface area contributed by atoms with E-state index in [1.807, 2.05) is 13.8 Å². The van der Waals surface area contributed by atoms with Gasteiger partial charge in [0.25, 0.3) is 15.0 Å². The monoisotopic (exact) mass is 303 g/mol. The quantitative estimate of drug-likeness (QED) is 0.851. The van der Waals surface area contributed by atoms with Crippen molar-refractivity contribution >= 4 is 25.6 Å². The highest BCUT2D eigenvalue weighted by molar-refractivity contribution is 8.13. The normalized spacial score (nSPS) is 13.1. The van der Waals surface area contributed by atoms with Gasteiger partial charge < -0.3 is 5.32 Å². The largest absolute Gasteiger partial charge is 0.350 e. The molecule has 0 fully saturated rings. The molecule has 1 atom stereocenters. The summed E-state index contributed by atoms with van der Waals surface area (Å²) in [5.74, 6) is -0.289. The maximum absolute atomic E-state index is 12.0. The molecule has 0 aliphatic heterocycles. The van der Waals surface area contributed by atoms with Crippen molar-refractivity contribution in [2.75, 3.05) is 0 Å². The molecule has 1 amide bonds. The third-order valence-corrected chi connectivity index (χ3v) is 4.28. The van der Waals surface area contributed by atoms with Crippen LogP contribution in [0.3, 0.4) is 0 Å². The number of carbonyl (C=O) groups is 1. The third kappa shape index (κ3) is 4.51. The van der Waals surface area contributed by atoms with Crippen molar-refractivity contribution < 1.29 is 13.2 Å². The summed E-state index contributed by atoms with van der Waals surface area (Å²) in [6.45, 7) is 5.58. The highest BCUT2D eigenvalue weighted by atomic mass is 35.7. The van der Waals surface area contributed by atoms with Gasteiger partial charge >= 0.3 is 0 Å². The van der Waals surface area contributed by atoms with Gasteiger partial charge in [-0.2, -0.15) is 0 Å². The molecular weight excluding hydrogens is 286 g/mol. The summed E-state index contributed by atoms with van der Waals surface area (Å²) < 4.78 is 22.8. The van der Waals surface area contributed by atoms with E-state index in [0.717, 1.165) is 12.8 Å². The van der Waals surface area contributed by atoms with Crippen molar-refractivity contribution in [1.29, 1.82) is 0 Å². The molecule has 1 unspecified atom stereocenters. The number of hydrogen-bond donors (Lipinski definition) is 1. The van der Waals surface area contributed by atoms with Crippen LogP contribution in [0.5, 0.6) is 0 Å². The van der Waals surface area contributed by atoms with Gasteiger partial charge in [0.15, 0.2) is 0 Å². The first-order valence-corrected chi connectivity index (χ1v) is 8.42. The van der Waals surface area contributed by atoms with Crippen LogP contribution in [0.25, 0.3) is 0 Å². The first kappa shape index (κ1) is 16.0. The summed E-state index contributed by atoms with van der Waals surface area (Å²) in [7, 11) is 1.50. The predicted octanol–water partition coefficient (Wildman–Crippen LogP) is 2.84. The van der Waals surface area contributed by atoms with Crippen LogP contribution in [0.1, 0.15) is 42.6 Å². The Morgan fingerprint density at radius 3 is 2.58 bits per heavy atom. The van der Waals surface area contributed by atoms with Crippen molar-refractivity contribution in [1.82, 2.24) is 5.32 Å².